The number of amides is 8. The molecule has 0 unspecified atom stereocenters. The Morgan fingerprint density at radius 3 is 2.08 bits per heavy atom. The fourth-order valence-electron chi connectivity index (χ4n) is 5.69. The monoisotopic (exact) mass is 752 g/mol. The molecule has 0 aromatic rings. The average Bonchev–Trinajstić information content (AvgIpc) is 3.01. The van der Waals surface area contributed by atoms with Crippen LogP contribution in [0.15, 0.2) is 0 Å². The van der Waals surface area contributed by atoms with Crippen molar-refractivity contribution >= 4 is 47.3 Å². The summed E-state index contributed by atoms with van der Waals surface area (Å²) in [7, 11) is 0. The zero-order valence-electron chi connectivity index (χ0n) is 32.9. The topological polar surface area (TPSA) is 267 Å². The lowest BCUT2D eigenvalue weighted by atomic mass is 9.91. The van der Waals surface area contributed by atoms with E-state index >= 15 is 0 Å². The average molecular weight is 753 g/mol. The van der Waals surface area contributed by atoms with Crippen molar-refractivity contribution in [1.29, 1.82) is 0 Å². The number of primary amides is 1. The normalized spacial score (nSPS) is 20.9. The standard InChI is InChI=1S/C36H64N8O9/c1-19(2)14-23(32(50)39-18-26(37)46)42-34(52)30(20(3)4)43-28(48)16-25(45)22-12-10-11-13-38-27(47)15-24(40-29(49)17-36(7,8)9)33(51)44-31(21(5)6)35(53)41-22/h19-25,30-31,45H,10-18H2,1-9H3,(H2,37,46)(H,38,47)(H,39,50)(H,40,49)(H,41,53)(H,42,52)(H,43,48)(H,44,51)/t22-,23-,24-,25-,30-,31-/m0/s1. The van der Waals surface area contributed by atoms with E-state index in [0.29, 0.717) is 12.8 Å². The van der Waals surface area contributed by atoms with E-state index in [2.05, 4.69) is 37.2 Å². The van der Waals surface area contributed by atoms with Gasteiger partial charge < -0.3 is 48.1 Å². The molecule has 17 nitrogen and oxygen atoms in total. The molecule has 10 N–H and O–H groups in total. The van der Waals surface area contributed by atoms with Gasteiger partial charge >= 0.3 is 0 Å². The first-order valence-electron chi connectivity index (χ1n) is 18.5. The second-order valence-corrected chi connectivity index (χ2v) is 16.2. The van der Waals surface area contributed by atoms with Crippen LogP contribution in [0.5, 0.6) is 0 Å². The van der Waals surface area contributed by atoms with Gasteiger partial charge in [-0.2, -0.15) is 0 Å². The van der Waals surface area contributed by atoms with E-state index in [-0.39, 0.29) is 43.6 Å². The highest BCUT2D eigenvalue weighted by Gasteiger charge is 2.35. The van der Waals surface area contributed by atoms with E-state index in [4.69, 9.17) is 5.73 Å². The third-order valence-corrected chi connectivity index (χ3v) is 8.47. The van der Waals surface area contributed by atoms with Crippen molar-refractivity contribution in [3.05, 3.63) is 0 Å². The first-order valence-corrected chi connectivity index (χ1v) is 18.5. The molecule has 6 atom stereocenters. The van der Waals surface area contributed by atoms with Crippen molar-refractivity contribution < 1.29 is 43.5 Å². The van der Waals surface area contributed by atoms with Gasteiger partial charge in [-0.1, -0.05) is 62.3 Å². The minimum absolute atomic E-state index is 0.00236. The molecule has 1 rings (SSSR count). The van der Waals surface area contributed by atoms with Gasteiger partial charge in [0.25, 0.3) is 0 Å². The number of nitrogens with one attached hydrogen (secondary N) is 7. The molecule has 0 spiro atoms. The predicted octanol–water partition coefficient (Wildman–Crippen LogP) is -0.753. The highest BCUT2D eigenvalue weighted by Crippen LogP contribution is 2.18. The smallest absolute Gasteiger partial charge is 0.243 e. The SMILES string of the molecule is CC(C)C[C@H](NC(=O)[C@@H](NC(=O)C[C@H](O)[C@@H]1CCCCNC(=O)C[C@H](NC(=O)CC(C)(C)C)C(=O)N[C@@H](C(C)C)C(=O)N1)C(C)C)C(=O)NCC(N)=O. The van der Waals surface area contributed by atoms with Gasteiger partial charge in [0.15, 0.2) is 0 Å². The first kappa shape index (κ1) is 46.7. The predicted molar refractivity (Wildman–Crippen MR) is 197 cm³/mol. The Morgan fingerprint density at radius 1 is 0.887 bits per heavy atom. The van der Waals surface area contributed by atoms with Gasteiger partial charge in [0.2, 0.25) is 47.3 Å². The largest absolute Gasteiger partial charge is 0.390 e. The molecule has 8 amide bonds. The van der Waals surface area contributed by atoms with Gasteiger partial charge in [-0.15, -0.1) is 0 Å². The zero-order valence-corrected chi connectivity index (χ0v) is 32.9. The maximum Gasteiger partial charge on any atom is 0.243 e. The number of aliphatic hydroxyl groups excluding tert-OH is 1. The second kappa shape index (κ2) is 22.1. The molecule has 0 aromatic carbocycles. The van der Waals surface area contributed by atoms with Gasteiger partial charge in [0, 0.05) is 13.0 Å². The Bertz CT molecular complexity index is 1300. The lowest BCUT2D eigenvalue weighted by Crippen LogP contribution is -2.59. The van der Waals surface area contributed by atoms with E-state index in [1.54, 1.807) is 27.7 Å². The number of carbonyl (C=O) groups excluding carboxylic acids is 8. The fourth-order valence-corrected chi connectivity index (χ4v) is 5.69. The maximum atomic E-state index is 13.6. The maximum absolute atomic E-state index is 13.6. The summed E-state index contributed by atoms with van der Waals surface area (Å²) in [4.78, 5) is 103. The lowest BCUT2D eigenvalue weighted by molar-refractivity contribution is -0.135. The summed E-state index contributed by atoms with van der Waals surface area (Å²) in [6.45, 7) is 15.9. The van der Waals surface area contributed by atoms with Crippen LogP contribution in [0.3, 0.4) is 0 Å². The summed E-state index contributed by atoms with van der Waals surface area (Å²) in [5.74, 6) is -5.75. The molecule has 0 bridgehead atoms. The van der Waals surface area contributed by atoms with Gasteiger partial charge in [-0.25, -0.2) is 0 Å². The second-order valence-electron chi connectivity index (χ2n) is 16.2. The van der Waals surface area contributed by atoms with Crippen LogP contribution in [0, 0.1) is 23.2 Å². The molecular weight excluding hydrogens is 688 g/mol. The minimum atomic E-state index is -1.40. The molecule has 17 heteroatoms. The van der Waals surface area contributed by atoms with Crippen molar-refractivity contribution in [2.45, 2.75) is 144 Å². The third-order valence-electron chi connectivity index (χ3n) is 8.47. The Labute approximate surface area is 313 Å². The number of aliphatic hydroxyl groups is 1. The minimum Gasteiger partial charge on any atom is -0.390 e. The van der Waals surface area contributed by atoms with Gasteiger partial charge in [-0.3, -0.25) is 38.4 Å². The molecule has 1 heterocycles. The van der Waals surface area contributed by atoms with Crippen molar-refractivity contribution in [2.24, 2.45) is 28.9 Å². The number of rotatable bonds is 15. The summed E-state index contributed by atoms with van der Waals surface area (Å²) >= 11 is 0. The number of carbonyl (C=O) groups is 8. The Kier molecular flexibility index (Phi) is 19.5. The van der Waals surface area contributed by atoms with Gasteiger partial charge in [0.05, 0.1) is 31.5 Å². The van der Waals surface area contributed by atoms with E-state index in [9.17, 15) is 43.5 Å². The van der Waals surface area contributed by atoms with Crippen LogP contribution in [-0.4, -0.2) is 102 Å². The summed E-state index contributed by atoms with van der Waals surface area (Å²) in [6, 6.07) is -5.37. The van der Waals surface area contributed by atoms with E-state index < -0.39 is 108 Å². The van der Waals surface area contributed by atoms with Crippen LogP contribution in [0.25, 0.3) is 0 Å². The van der Waals surface area contributed by atoms with Crippen LogP contribution >= 0.6 is 0 Å². The number of nitrogens with two attached hydrogens (primary N) is 1. The summed E-state index contributed by atoms with van der Waals surface area (Å²) in [6.07, 6.45) is -0.726. The summed E-state index contributed by atoms with van der Waals surface area (Å²) < 4.78 is 0. The zero-order chi connectivity index (χ0) is 40.6. The Hall–Kier alpha value is -4.28. The quantitative estimate of drug-likeness (QED) is 0.102. The van der Waals surface area contributed by atoms with Gasteiger partial charge in [0.1, 0.15) is 24.2 Å². The molecule has 1 saturated heterocycles. The Balaban J connectivity index is 3.15. The summed E-state index contributed by atoms with van der Waals surface area (Å²) in [5, 5.41) is 29.7. The van der Waals surface area contributed by atoms with Crippen LogP contribution < -0.4 is 43.0 Å². The van der Waals surface area contributed by atoms with Crippen LogP contribution in [0.2, 0.25) is 0 Å². The van der Waals surface area contributed by atoms with E-state index in [1.807, 2.05) is 34.6 Å². The first-order chi connectivity index (χ1) is 24.5. The number of hydrogen-bond acceptors (Lipinski definition) is 9. The molecule has 0 saturated carbocycles. The Morgan fingerprint density at radius 2 is 1.53 bits per heavy atom. The molecule has 1 aliphatic heterocycles. The van der Waals surface area contributed by atoms with Crippen molar-refractivity contribution in [3.8, 4) is 0 Å². The molecule has 0 aliphatic carbocycles. The lowest BCUT2D eigenvalue weighted by Gasteiger charge is -2.30. The van der Waals surface area contributed by atoms with Crippen LogP contribution in [0.4, 0.5) is 0 Å². The molecule has 0 radical (unpaired) electrons. The highest BCUT2D eigenvalue weighted by atomic mass is 16.3. The van der Waals surface area contributed by atoms with Gasteiger partial charge in [-0.05, 0) is 48.9 Å². The van der Waals surface area contributed by atoms with Crippen LogP contribution in [0.1, 0.15) is 107 Å². The third kappa shape index (κ3) is 18.4. The van der Waals surface area contributed by atoms with Crippen molar-refractivity contribution in [1.82, 2.24) is 37.2 Å². The molecule has 1 fully saturated rings. The van der Waals surface area contributed by atoms with E-state index in [0.717, 1.165) is 0 Å². The number of hydrogen-bond donors (Lipinski definition) is 9. The molecule has 0 aromatic heterocycles. The van der Waals surface area contributed by atoms with Crippen molar-refractivity contribution in [3.63, 3.8) is 0 Å². The highest BCUT2D eigenvalue weighted by molar-refractivity contribution is 5.95. The summed E-state index contributed by atoms with van der Waals surface area (Å²) in [5.41, 5.74) is 4.76. The molecular formula is C36H64N8O9. The molecule has 302 valence electrons. The molecule has 53 heavy (non-hydrogen) atoms. The molecule has 1 aliphatic rings. The van der Waals surface area contributed by atoms with Crippen LogP contribution in [-0.2, 0) is 38.4 Å². The fraction of sp³-hybridized carbons (Fsp3) is 0.778. The van der Waals surface area contributed by atoms with E-state index in [1.165, 1.54) is 0 Å². The van der Waals surface area contributed by atoms with Crippen molar-refractivity contribution in [2.75, 3.05) is 13.1 Å².